The summed E-state index contributed by atoms with van der Waals surface area (Å²) in [5.74, 6) is 0.918. The Morgan fingerprint density at radius 1 is 1.24 bits per heavy atom. The van der Waals surface area contributed by atoms with Crippen molar-refractivity contribution in [2.24, 2.45) is 5.73 Å². The maximum Gasteiger partial charge on any atom is 0.312 e. The first-order chi connectivity index (χ1) is 11.8. The fourth-order valence-corrected chi connectivity index (χ4v) is 2.13. The number of carbonyl (C=O) groups excluding carboxylic acids is 2. The van der Waals surface area contributed by atoms with Crippen molar-refractivity contribution >= 4 is 11.9 Å². The van der Waals surface area contributed by atoms with Gasteiger partial charge in [-0.05, 0) is 43.5 Å². The van der Waals surface area contributed by atoms with Crippen LogP contribution in [-0.4, -0.2) is 23.0 Å². The normalized spacial score (nSPS) is 11.5. The van der Waals surface area contributed by atoms with Gasteiger partial charge in [0.1, 0.15) is 11.8 Å². The molecular formula is C18H22N4O3. The molecule has 1 aromatic carbocycles. The summed E-state index contributed by atoms with van der Waals surface area (Å²) in [6.07, 6.45) is 1.63. The number of carbonyl (C=O) groups is 2. The zero-order chi connectivity index (χ0) is 18.4. The molecule has 4 N–H and O–H groups in total. The molecule has 1 aromatic heterocycles. The number of benzene rings is 1. The number of urea groups is 1. The van der Waals surface area contributed by atoms with Crippen LogP contribution in [0.5, 0.6) is 11.6 Å². The predicted molar refractivity (Wildman–Crippen MR) is 94.3 cm³/mol. The summed E-state index contributed by atoms with van der Waals surface area (Å²) < 4.78 is 5.79. The molecule has 7 heteroatoms. The largest absolute Gasteiger partial charge is 0.439 e. The smallest absolute Gasteiger partial charge is 0.312 e. The van der Waals surface area contributed by atoms with Crippen LogP contribution in [0.2, 0.25) is 0 Å². The number of ether oxygens (including phenoxy) is 1. The van der Waals surface area contributed by atoms with Gasteiger partial charge in [0.15, 0.2) is 0 Å². The Bertz CT molecular complexity index is 759. The second-order valence-corrected chi connectivity index (χ2v) is 5.82. The minimum Gasteiger partial charge on any atom is -0.439 e. The average molecular weight is 342 g/mol. The number of nitrogens with one attached hydrogen (secondary N) is 2. The lowest BCUT2D eigenvalue weighted by molar-refractivity contribution is -0.122. The van der Waals surface area contributed by atoms with Crippen LogP contribution in [0, 0.1) is 13.8 Å². The third-order valence-corrected chi connectivity index (χ3v) is 3.57. The van der Waals surface area contributed by atoms with Gasteiger partial charge in [0, 0.05) is 18.8 Å². The van der Waals surface area contributed by atoms with E-state index in [2.05, 4.69) is 15.6 Å². The number of primary amides is 1. The van der Waals surface area contributed by atoms with Gasteiger partial charge >= 0.3 is 6.03 Å². The van der Waals surface area contributed by atoms with Crippen molar-refractivity contribution in [3.63, 3.8) is 0 Å². The van der Waals surface area contributed by atoms with E-state index in [0.717, 1.165) is 22.4 Å². The Morgan fingerprint density at radius 3 is 2.64 bits per heavy atom. The molecule has 0 aliphatic carbocycles. The predicted octanol–water partition coefficient (Wildman–Crippen LogP) is 2.16. The van der Waals surface area contributed by atoms with Crippen molar-refractivity contribution in [1.82, 2.24) is 15.6 Å². The van der Waals surface area contributed by atoms with Gasteiger partial charge in [-0.15, -0.1) is 0 Å². The summed E-state index contributed by atoms with van der Waals surface area (Å²) in [5, 5.41) is 5.02. The standard InChI is InChI=1S/C18H22N4O3/c1-11-4-5-12(2)15(8-11)25-16-7-6-14(9-20-16)10-21-17(23)13(3)22-18(19)24/h4-9,13H,10H2,1-3H3,(H,21,23)(H3,19,22,24)/t13-/m1/s1. The zero-order valence-corrected chi connectivity index (χ0v) is 14.5. The van der Waals surface area contributed by atoms with E-state index in [0.29, 0.717) is 12.4 Å². The highest BCUT2D eigenvalue weighted by Gasteiger charge is 2.13. The molecule has 7 nitrogen and oxygen atoms in total. The van der Waals surface area contributed by atoms with Gasteiger partial charge in [0.2, 0.25) is 11.8 Å². The lowest BCUT2D eigenvalue weighted by Crippen LogP contribution is -2.46. The number of hydrogen-bond acceptors (Lipinski definition) is 4. The number of hydrogen-bond donors (Lipinski definition) is 3. The number of aryl methyl sites for hydroxylation is 2. The second kappa shape index (κ2) is 8.14. The molecule has 0 spiro atoms. The van der Waals surface area contributed by atoms with E-state index in [1.54, 1.807) is 19.2 Å². The van der Waals surface area contributed by atoms with Crippen LogP contribution in [0.1, 0.15) is 23.6 Å². The lowest BCUT2D eigenvalue weighted by Gasteiger charge is -2.13. The molecule has 25 heavy (non-hydrogen) atoms. The van der Waals surface area contributed by atoms with E-state index in [1.807, 2.05) is 38.1 Å². The molecule has 1 atom stereocenters. The van der Waals surface area contributed by atoms with Crippen LogP contribution in [0.15, 0.2) is 36.5 Å². The van der Waals surface area contributed by atoms with Crippen molar-refractivity contribution in [2.75, 3.05) is 0 Å². The van der Waals surface area contributed by atoms with Crippen LogP contribution in [-0.2, 0) is 11.3 Å². The van der Waals surface area contributed by atoms with Crippen molar-refractivity contribution in [1.29, 1.82) is 0 Å². The molecular weight excluding hydrogens is 320 g/mol. The number of nitrogens with zero attached hydrogens (tertiary/aromatic N) is 1. The van der Waals surface area contributed by atoms with Gasteiger partial charge in [-0.2, -0.15) is 0 Å². The van der Waals surface area contributed by atoms with Gasteiger partial charge in [-0.25, -0.2) is 9.78 Å². The Kier molecular flexibility index (Phi) is 5.94. The second-order valence-electron chi connectivity index (χ2n) is 5.82. The number of rotatable bonds is 6. The summed E-state index contributed by atoms with van der Waals surface area (Å²) in [6.45, 7) is 5.82. The average Bonchev–Trinajstić information content (AvgIpc) is 2.56. The van der Waals surface area contributed by atoms with E-state index in [9.17, 15) is 9.59 Å². The topological polar surface area (TPSA) is 106 Å². The maximum absolute atomic E-state index is 11.8. The molecule has 0 aliphatic rings. The summed E-state index contributed by atoms with van der Waals surface area (Å²) in [5.41, 5.74) is 7.93. The van der Waals surface area contributed by atoms with Crippen LogP contribution in [0.25, 0.3) is 0 Å². The van der Waals surface area contributed by atoms with E-state index in [-0.39, 0.29) is 5.91 Å². The highest BCUT2D eigenvalue weighted by atomic mass is 16.5. The third-order valence-electron chi connectivity index (χ3n) is 3.57. The summed E-state index contributed by atoms with van der Waals surface area (Å²) in [7, 11) is 0. The van der Waals surface area contributed by atoms with Crippen LogP contribution >= 0.6 is 0 Å². The SMILES string of the molecule is Cc1ccc(C)c(Oc2ccc(CNC(=O)[C@@H](C)NC(N)=O)cn2)c1. The molecule has 0 saturated carbocycles. The van der Waals surface area contributed by atoms with Crippen molar-refractivity contribution in [2.45, 2.75) is 33.4 Å². The molecule has 2 aromatic rings. The molecule has 0 radical (unpaired) electrons. The molecule has 0 fully saturated rings. The highest BCUT2D eigenvalue weighted by molar-refractivity contribution is 5.86. The maximum atomic E-state index is 11.8. The van der Waals surface area contributed by atoms with Crippen molar-refractivity contribution in [3.8, 4) is 11.6 Å². The zero-order valence-electron chi connectivity index (χ0n) is 14.5. The highest BCUT2D eigenvalue weighted by Crippen LogP contribution is 2.24. The van der Waals surface area contributed by atoms with Crippen molar-refractivity contribution < 1.29 is 14.3 Å². The van der Waals surface area contributed by atoms with E-state index in [1.165, 1.54) is 0 Å². The number of pyridine rings is 1. The van der Waals surface area contributed by atoms with Gasteiger partial charge in [-0.3, -0.25) is 4.79 Å². The van der Waals surface area contributed by atoms with Gasteiger partial charge < -0.3 is 21.1 Å². The Labute approximate surface area is 146 Å². The van der Waals surface area contributed by atoms with E-state index < -0.39 is 12.1 Å². The lowest BCUT2D eigenvalue weighted by atomic mass is 10.1. The molecule has 0 bridgehead atoms. The van der Waals surface area contributed by atoms with Crippen molar-refractivity contribution in [3.05, 3.63) is 53.2 Å². The molecule has 2 rings (SSSR count). The number of aromatic nitrogens is 1. The van der Waals surface area contributed by atoms with Gasteiger partial charge in [0.05, 0.1) is 0 Å². The monoisotopic (exact) mass is 342 g/mol. The molecule has 132 valence electrons. The van der Waals surface area contributed by atoms with Crippen LogP contribution < -0.4 is 21.1 Å². The first-order valence-electron chi connectivity index (χ1n) is 7.89. The molecule has 0 saturated heterocycles. The summed E-state index contributed by atoms with van der Waals surface area (Å²) in [4.78, 5) is 26.8. The fourth-order valence-electron chi connectivity index (χ4n) is 2.13. The first kappa shape index (κ1) is 18.3. The van der Waals surface area contributed by atoms with Crippen LogP contribution in [0.3, 0.4) is 0 Å². The Hall–Kier alpha value is -3.09. The number of amides is 3. The molecule has 3 amide bonds. The Balaban J connectivity index is 1.92. The fraction of sp³-hybridized carbons (Fsp3) is 0.278. The molecule has 0 aliphatic heterocycles. The quantitative estimate of drug-likeness (QED) is 0.748. The van der Waals surface area contributed by atoms with E-state index in [4.69, 9.17) is 10.5 Å². The van der Waals surface area contributed by atoms with Gasteiger partial charge in [0.25, 0.3) is 0 Å². The minimum atomic E-state index is -0.739. The van der Waals surface area contributed by atoms with Crippen LogP contribution in [0.4, 0.5) is 4.79 Å². The minimum absolute atomic E-state index is 0.292. The molecule has 1 heterocycles. The number of nitrogens with two attached hydrogens (primary N) is 1. The Morgan fingerprint density at radius 2 is 2.00 bits per heavy atom. The summed E-state index contributed by atoms with van der Waals surface area (Å²) in [6, 6.07) is 8.10. The van der Waals surface area contributed by atoms with E-state index >= 15 is 0 Å². The molecule has 0 unspecified atom stereocenters. The summed E-state index contributed by atoms with van der Waals surface area (Å²) >= 11 is 0. The third kappa shape index (κ3) is 5.49. The first-order valence-corrected chi connectivity index (χ1v) is 7.89. The van der Waals surface area contributed by atoms with Gasteiger partial charge in [-0.1, -0.05) is 18.2 Å².